The highest BCUT2D eigenvalue weighted by Crippen LogP contribution is 2.34. The Morgan fingerprint density at radius 3 is 1.57 bits per heavy atom. The Kier molecular flexibility index (Phi) is 4.83. The lowest BCUT2D eigenvalue weighted by Crippen LogP contribution is -2.52. The smallest absolute Gasteiger partial charge is 0.0244 e. The van der Waals surface area contributed by atoms with Gasteiger partial charge in [0.25, 0.3) is 0 Å². The fourth-order valence-corrected chi connectivity index (χ4v) is 5.22. The molecule has 4 saturated heterocycles. The van der Waals surface area contributed by atoms with Gasteiger partial charge < -0.3 is 9.80 Å². The van der Waals surface area contributed by atoms with Gasteiger partial charge >= 0.3 is 0 Å². The lowest BCUT2D eigenvalue weighted by Gasteiger charge is -2.41. The van der Waals surface area contributed by atoms with Crippen LogP contribution in [0.5, 0.6) is 0 Å². The lowest BCUT2D eigenvalue weighted by molar-refractivity contribution is 0.0677. The van der Waals surface area contributed by atoms with Gasteiger partial charge in [-0.15, -0.1) is 0 Å². The quantitative estimate of drug-likeness (QED) is 0.731. The van der Waals surface area contributed by atoms with Crippen LogP contribution in [0.4, 0.5) is 0 Å². The molecule has 23 heavy (non-hydrogen) atoms. The molecule has 0 radical (unpaired) electrons. The molecule has 0 amide bonds. The van der Waals surface area contributed by atoms with Crippen LogP contribution in [0.1, 0.15) is 47.5 Å². The van der Waals surface area contributed by atoms with Gasteiger partial charge in [-0.2, -0.15) is 0 Å². The summed E-state index contributed by atoms with van der Waals surface area (Å²) in [6.45, 7) is 16.8. The summed E-state index contributed by atoms with van der Waals surface area (Å²) >= 11 is 0. The minimum absolute atomic E-state index is 0.376. The maximum Gasteiger partial charge on any atom is 0.0244 e. The predicted octanol–water partition coefficient (Wildman–Crippen LogP) is 1.96. The van der Waals surface area contributed by atoms with Crippen LogP contribution < -0.4 is 0 Å². The van der Waals surface area contributed by atoms with E-state index < -0.39 is 0 Å². The summed E-state index contributed by atoms with van der Waals surface area (Å²) in [5.41, 5.74) is 0.376. The molecule has 0 aromatic heterocycles. The van der Waals surface area contributed by atoms with Gasteiger partial charge in [-0.25, -0.2) is 0 Å². The topological polar surface area (TPSA) is 13.0 Å². The summed E-state index contributed by atoms with van der Waals surface area (Å²) in [7, 11) is 4.51. The summed E-state index contributed by atoms with van der Waals surface area (Å²) in [6, 6.07) is 4.15. The molecule has 4 bridgehead atoms. The second-order valence-corrected chi connectivity index (χ2v) is 9.58. The van der Waals surface area contributed by atoms with Crippen LogP contribution >= 0.6 is 0 Å². The van der Waals surface area contributed by atoms with Crippen molar-refractivity contribution in [2.24, 2.45) is 0 Å². The van der Waals surface area contributed by atoms with E-state index in [4.69, 9.17) is 0 Å². The van der Waals surface area contributed by atoms with Gasteiger partial charge in [-0.3, -0.25) is 9.80 Å². The van der Waals surface area contributed by atoms with Gasteiger partial charge in [0.2, 0.25) is 0 Å². The van der Waals surface area contributed by atoms with Gasteiger partial charge in [0.15, 0.2) is 0 Å². The molecule has 0 spiro atoms. The zero-order valence-electron chi connectivity index (χ0n) is 16.4. The van der Waals surface area contributed by atoms with Crippen molar-refractivity contribution in [1.29, 1.82) is 0 Å². The first-order valence-electron chi connectivity index (χ1n) is 9.59. The predicted molar refractivity (Wildman–Crippen MR) is 97.9 cm³/mol. The minimum atomic E-state index is 0.376. The molecule has 0 aromatic rings. The largest absolute Gasteiger partial charge is 0.301 e. The number of likely N-dealkylation sites (N-methyl/N-ethyl adjacent to an activating group) is 2. The third-order valence-corrected chi connectivity index (χ3v) is 6.60. The van der Waals surface area contributed by atoms with Gasteiger partial charge in [0.05, 0.1) is 0 Å². The first-order valence-corrected chi connectivity index (χ1v) is 9.59. The van der Waals surface area contributed by atoms with Gasteiger partial charge in [0.1, 0.15) is 0 Å². The maximum atomic E-state index is 2.66. The Morgan fingerprint density at radius 1 is 0.739 bits per heavy atom. The number of nitrogens with zero attached hydrogens (tertiary/aromatic N) is 4. The molecule has 4 heterocycles. The minimum Gasteiger partial charge on any atom is -0.301 e. The Morgan fingerprint density at radius 2 is 1.26 bits per heavy atom. The standard InChI is InChI=1S/C10H20N2.C9H18N2/c1-10(2,3)12-7-8-5-9(12)6-11(8)4;1-7(2)11-6-8-4-9(11)5-10(8)3/h8-9H,5-7H2,1-4H3;7-9H,4-6H2,1-3H3/t2*8-,9?/m11/s1. The number of hydrogen-bond acceptors (Lipinski definition) is 4. The molecule has 0 N–H and O–H groups in total. The Balaban J connectivity index is 0.000000136. The summed E-state index contributed by atoms with van der Waals surface area (Å²) in [6.07, 6.45) is 2.81. The fourth-order valence-electron chi connectivity index (χ4n) is 5.22. The molecule has 4 atom stereocenters. The SMILES string of the molecule is CC(C)N1C[C@H]2CC1CN2C.CN1CC2C[C@@H]1CN2C(C)(C)C. The van der Waals surface area contributed by atoms with Gasteiger partial charge in [-0.05, 0) is 61.6 Å². The Labute approximate surface area is 143 Å². The lowest BCUT2D eigenvalue weighted by atomic mass is 10.0. The number of rotatable bonds is 1. The number of piperazine rings is 2. The fraction of sp³-hybridized carbons (Fsp3) is 1.00. The number of fused-ring (bicyclic) bond motifs is 4. The number of hydrogen-bond donors (Lipinski definition) is 0. The van der Waals surface area contributed by atoms with Crippen LogP contribution in [0.25, 0.3) is 0 Å². The zero-order valence-corrected chi connectivity index (χ0v) is 16.4. The third-order valence-electron chi connectivity index (χ3n) is 6.60. The van der Waals surface area contributed by atoms with Crippen molar-refractivity contribution < 1.29 is 0 Å². The molecular formula is C19H38N4. The van der Waals surface area contributed by atoms with E-state index in [-0.39, 0.29) is 0 Å². The van der Waals surface area contributed by atoms with Crippen molar-refractivity contribution in [3.05, 3.63) is 0 Å². The third kappa shape index (κ3) is 3.46. The molecule has 4 aliphatic heterocycles. The molecule has 4 heteroatoms. The average molecular weight is 323 g/mol. The van der Waals surface area contributed by atoms with Crippen molar-refractivity contribution in [3.63, 3.8) is 0 Å². The summed E-state index contributed by atoms with van der Waals surface area (Å²) < 4.78 is 0. The highest BCUT2D eigenvalue weighted by Gasteiger charge is 2.45. The Hall–Kier alpha value is -0.160. The highest BCUT2D eigenvalue weighted by molar-refractivity contribution is 5.02. The van der Waals surface area contributed by atoms with E-state index in [1.807, 2.05) is 0 Å². The second kappa shape index (κ2) is 6.29. The molecule has 4 aliphatic rings. The first-order chi connectivity index (χ1) is 10.7. The zero-order chi connectivity index (χ0) is 16.9. The van der Waals surface area contributed by atoms with Gasteiger partial charge in [0, 0.05) is 61.9 Å². The van der Waals surface area contributed by atoms with E-state index in [0.717, 1.165) is 30.2 Å². The average Bonchev–Trinajstić information content (AvgIpc) is 3.15. The van der Waals surface area contributed by atoms with Crippen molar-refractivity contribution in [1.82, 2.24) is 19.6 Å². The molecule has 0 aliphatic carbocycles. The van der Waals surface area contributed by atoms with E-state index >= 15 is 0 Å². The van der Waals surface area contributed by atoms with Crippen LogP contribution in [0, 0.1) is 0 Å². The van der Waals surface area contributed by atoms with Crippen LogP contribution in [-0.4, -0.2) is 95.6 Å². The highest BCUT2D eigenvalue weighted by atomic mass is 15.4. The number of likely N-dealkylation sites (tertiary alicyclic amines) is 4. The summed E-state index contributed by atoms with van der Waals surface area (Å²) in [5.74, 6) is 0. The first kappa shape index (κ1) is 17.7. The van der Waals surface area contributed by atoms with Crippen LogP contribution in [0.3, 0.4) is 0 Å². The summed E-state index contributed by atoms with van der Waals surface area (Å²) in [4.78, 5) is 10.3. The molecule has 4 rings (SSSR count). The molecule has 0 saturated carbocycles. The van der Waals surface area contributed by atoms with E-state index in [0.29, 0.717) is 5.54 Å². The maximum absolute atomic E-state index is 2.66. The van der Waals surface area contributed by atoms with Crippen LogP contribution in [0.2, 0.25) is 0 Å². The van der Waals surface area contributed by atoms with E-state index in [2.05, 4.69) is 68.3 Å². The van der Waals surface area contributed by atoms with Crippen LogP contribution in [0.15, 0.2) is 0 Å². The molecule has 0 aromatic carbocycles. The normalized spacial score (nSPS) is 38.6. The summed E-state index contributed by atoms with van der Waals surface area (Å²) in [5, 5.41) is 0. The van der Waals surface area contributed by atoms with Crippen molar-refractivity contribution >= 4 is 0 Å². The molecule has 2 unspecified atom stereocenters. The second-order valence-electron chi connectivity index (χ2n) is 9.58. The van der Waals surface area contributed by atoms with Crippen molar-refractivity contribution in [3.8, 4) is 0 Å². The molecular weight excluding hydrogens is 284 g/mol. The van der Waals surface area contributed by atoms with Crippen molar-refractivity contribution in [2.45, 2.75) is 83.2 Å². The van der Waals surface area contributed by atoms with E-state index in [1.54, 1.807) is 0 Å². The van der Waals surface area contributed by atoms with Gasteiger partial charge in [-0.1, -0.05) is 0 Å². The molecule has 134 valence electrons. The molecule has 4 nitrogen and oxygen atoms in total. The van der Waals surface area contributed by atoms with Crippen molar-refractivity contribution in [2.75, 3.05) is 40.3 Å². The van der Waals surface area contributed by atoms with E-state index in [9.17, 15) is 0 Å². The Bertz CT molecular complexity index is 412. The molecule has 4 fully saturated rings. The van der Waals surface area contributed by atoms with Crippen LogP contribution in [-0.2, 0) is 0 Å². The van der Waals surface area contributed by atoms with E-state index in [1.165, 1.54) is 39.0 Å². The monoisotopic (exact) mass is 322 g/mol.